The summed E-state index contributed by atoms with van der Waals surface area (Å²) in [7, 11) is 0. The first-order valence-electron chi connectivity index (χ1n) is 9.27. The molecule has 3 rings (SSSR count). The third-order valence-electron chi connectivity index (χ3n) is 4.81. The monoisotopic (exact) mass is 391 g/mol. The molecule has 0 N–H and O–H groups in total. The summed E-state index contributed by atoms with van der Waals surface area (Å²) < 4.78 is 3.44. The van der Waals surface area contributed by atoms with Crippen LogP contribution in [0.4, 0.5) is 0 Å². The first kappa shape index (κ1) is 19.7. The van der Waals surface area contributed by atoms with Crippen molar-refractivity contribution in [3.8, 4) is 0 Å². The molecule has 0 saturated carbocycles. The van der Waals surface area contributed by atoms with Gasteiger partial charge in [0.25, 0.3) is 0 Å². The molecular formula is C17H25N7O4. The fourth-order valence-corrected chi connectivity index (χ4v) is 3.33. The molecule has 1 aliphatic heterocycles. The minimum atomic E-state index is -0.426. The van der Waals surface area contributed by atoms with Crippen LogP contribution in [0.15, 0.2) is 43.0 Å². The molecule has 28 heavy (non-hydrogen) atoms. The predicted octanol–water partition coefficient (Wildman–Crippen LogP) is 1.49. The molecular weight excluding hydrogens is 366 g/mol. The number of aromatic nitrogens is 2. The number of nitrogens with zero attached hydrogens (tertiary/aromatic N) is 7. The van der Waals surface area contributed by atoms with E-state index in [0.29, 0.717) is 19.6 Å². The van der Waals surface area contributed by atoms with E-state index < -0.39 is 5.03 Å². The van der Waals surface area contributed by atoms with Crippen molar-refractivity contribution in [3.05, 3.63) is 68.8 Å². The third-order valence-corrected chi connectivity index (χ3v) is 4.81. The third kappa shape index (κ3) is 5.46. The van der Waals surface area contributed by atoms with Gasteiger partial charge in [0.15, 0.2) is 23.4 Å². The zero-order valence-electron chi connectivity index (χ0n) is 15.7. The average molecular weight is 391 g/mol. The molecule has 1 saturated heterocycles. The second-order valence-electron chi connectivity index (χ2n) is 6.94. The summed E-state index contributed by atoms with van der Waals surface area (Å²) in [6, 6.07) is 5.48. The zero-order valence-corrected chi connectivity index (χ0v) is 15.7. The maximum atomic E-state index is 11.3. The Balaban J connectivity index is 1.53. The van der Waals surface area contributed by atoms with Gasteiger partial charge in [-0.05, 0) is 43.0 Å². The molecule has 0 aromatic carbocycles. The molecule has 11 nitrogen and oxygen atoms in total. The van der Waals surface area contributed by atoms with Crippen LogP contribution in [0.5, 0.6) is 0 Å². The van der Waals surface area contributed by atoms with Gasteiger partial charge in [-0.15, -0.1) is 5.01 Å². The Morgan fingerprint density at radius 3 is 2.18 bits per heavy atom. The highest BCUT2D eigenvalue weighted by atomic mass is 16.7. The molecule has 11 heteroatoms. The van der Waals surface area contributed by atoms with Crippen LogP contribution in [0.3, 0.4) is 0 Å². The summed E-state index contributed by atoms with van der Waals surface area (Å²) in [5.74, 6) is 0. The largest absolute Gasteiger partial charge is 0.331 e. The van der Waals surface area contributed by atoms with E-state index in [4.69, 9.17) is 0 Å². The normalized spacial score (nSPS) is 14.3. The van der Waals surface area contributed by atoms with Crippen molar-refractivity contribution in [2.45, 2.75) is 32.6 Å². The quantitative estimate of drug-likeness (QED) is 0.422. The molecule has 2 aromatic heterocycles. The molecule has 3 heterocycles. The van der Waals surface area contributed by atoms with Crippen molar-refractivity contribution >= 4 is 0 Å². The van der Waals surface area contributed by atoms with E-state index >= 15 is 0 Å². The maximum absolute atomic E-state index is 11.3. The summed E-state index contributed by atoms with van der Waals surface area (Å²) in [5, 5.41) is 24.2. The van der Waals surface area contributed by atoms with E-state index in [1.807, 2.05) is 18.2 Å². The minimum absolute atomic E-state index is 0.0951. The summed E-state index contributed by atoms with van der Waals surface area (Å²) in [4.78, 5) is 24.7. The van der Waals surface area contributed by atoms with Crippen LogP contribution in [0.2, 0.25) is 0 Å². The Bertz CT molecular complexity index is 770. The van der Waals surface area contributed by atoms with E-state index in [2.05, 4.69) is 4.90 Å². The Morgan fingerprint density at radius 1 is 0.893 bits per heavy atom. The van der Waals surface area contributed by atoms with Crippen LogP contribution >= 0.6 is 0 Å². The van der Waals surface area contributed by atoms with Gasteiger partial charge in [-0.1, -0.05) is 5.01 Å². The maximum Gasteiger partial charge on any atom is 0.163 e. The van der Waals surface area contributed by atoms with Crippen LogP contribution in [-0.4, -0.2) is 60.4 Å². The van der Waals surface area contributed by atoms with Gasteiger partial charge >= 0.3 is 0 Å². The number of hydrazine groups is 2. The fourth-order valence-electron chi connectivity index (χ4n) is 3.33. The van der Waals surface area contributed by atoms with E-state index in [9.17, 15) is 20.2 Å². The Kier molecular flexibility index (Phi) is 6.48. The van der Waals surface area contributed by atoms with Gasteiger partial charge in [0.2, 0.25) is 0 Å². The van der Waals surface area contributed by atoms with Crippen LogP contribution in [0.1, 0.15) is 18.4 Å². The molecule has 0 unspecified atom stereocenters. The van der Waals surface area contributed by atoms with Crippen molar-refractivity contribution in [2.24, 2.45) is 0 Å². The number of rotatable bonds is 11. The predicted molar refractivity (Wildman–Crippen MR) is 101 cm³/mol. The van der Waals surface area contributed by atoms with E-state index in [1.54, 1.807) is 33.9 Å². The van der Waals surface area contributed by atoms with Gasteiger partial charge in [-0.3, -0.25) is 4.90 Å². The molecule has 0 bridgehead atoms. The Morgan fingerprint density at radius 2 is 1.54 bits per heavy atom. The molecule has 0 aliphatic carbocycles. The Labute approximate surface area is 162 Å². The Hall–Kier alpha value is -3.08. The molecule has 1 fully saturated rings. The van der Waals surface area contributed by atoms with Crippen molar-refractivity contribution in [1.82, 2.24) is 24.1 Å². The van der Waals surface area contributed by atoms with Crippen molar-refractivity contribution in [1.29, 1.82) is 0 Å². The highest BCUT2D eigenvalue weighted by Crippen LogP contribution is 2.10. The summed E-state index contributed by atoms with van der Waals surface area (Å²) in [6.45, 7) is 2.67. The molecule has 0 amide bonds. The highest BCUT2D eigenvalue weighted by molar-refractivity contribution is 5.10. The highest BCUT2D eigenvalue weighted by Gasteiger charge is 2.21. The SMILES string of the molecule is O=[N+]([O-])N(CCc1ccn(CN(Cn2cccc2)[N+](=O)[O-])c1)CN1CCCC1. The minimum Gasteiger partial charge on any atom is -0.331 e. The summed E-state index contributed by atoms with van der Waals surface area (Å²) in [5.41, 5.74) is 0.914. The lowest BCUT2D eigenvalue weighted by Gasteiger charge is -2.20. The van der Waals surface area contributed by atoms with Gasteiger partial charge < -0.3 is 9.13 Å². The van der Waals surface area contributed by atoms with Crippen LogP contribution in [0.25, 0.3) is 0 Å². The number of nitro groups is 2. The topological polar surface area (TPSA) is 106 Å². The second-order valence-corrected chi connectivity index (χ2v) is 6.94. The van der Waals surface area contributed by atoms with E-state index in [1.165, 1.54) is 5.01 Å². The lowest BCUT2D eigenvalue weighted by Crippen LogP contribution is -2.41. The molecule has 152 valence electrons. The molecule has 2 aromatic rings. The molecule has 0 spiro atoms. The standard InChI is InChI=1S/C17H25N7O4/c25-23(26)21(14-18-7-1-2-8-18)12-6-17-5-11-20(13-17)16-22(24(27)28)15-19-9-3-4-10-19/h3-5,9-11,13H,1-2,6-8,12,14-16H2. The van der Waals surface area contributed by atoms with Gasteiger partial charge in [-0.25, -0.2) is 20.2 Å². The number of likely N-dealkylation sites (tertiary alicyclic amines) is 1. The average Bonchev–Trinajstić information content (AvgIpc) is 3.41. The molecule has 0 atom stereocenters. The van der Waals surface area contributed by atoms with E-state index in [-0.39, 0.29) is 18.4 Å². The smallest absolute Gasteiger partial charge is 0.163 e. The lowest BCUT2D eigenvalue weighted by atomic mass is 10.2. The number of hydrogen-bond acceptors (Lipinski definition) is 5. The van der Waals surface area contributed by atoms with E-state index in [0.717, 1.165) is 36.5 Å². The zero-order chi connectivity index (χ0) is 19.9. The number of hydrogen-bond donors (Lipinski definition) is 0. The van der Waals surface area contributed by atoms with Gasteiger partial charge in [0, 0.05) is 37.9 Å². The summed E-state index contributed by atoms with van der Waals surface area (Å²) >= 11 is 0. The van der Waals surface area contributed by atoms with Crippen molar-refractivity contribution < 1.29 is 10.1 Å². The molecule has 0 radical (unpaired) electrons. The van der Waals surface area contributed by atoms with Crippen LogP contribution < -0.4 is 0 Å². The second kappa shape index (κ2) is 9.22. The van der Waals surface area contributed by atoms with Crippen LogP contribution in [-0.2, 0) is 19.8 Å². The van der Waals surface area contributed by atoms with Crippen molar-refractivity contribution in [2.75, 3.05) is 26.3 Å². The van der Waals surface area contributed by atoms with Gasteiger partial charge in [-0.2, -0.15) is 0 Å². The fraction of sp³-hybridized carbons (Fsp3) is 0.529. The first-order valence-corrected chi connectivity index (χ1v) is 9.27. The van der Waals surface area contributed by atoms with Gasteiger partial charge in [0.05, 0.1) is 6.54 Å². The van der Waals surface area contributed by atoms with Crippen LogP contribution in [0, 0.1) is 20.2 Å². The molecule has 1 aliphatic rings. The van der Waals surface area contributed by atoms with Gasteiger partial charge in [0.1, 0.15) is 6.67 Å². The first-order chi connectivity index (χ1) is 13.5. The van der Waals surface area contributed by atoms with Crippen molar-refractivity contribution in [3.63, 3.8) is 0 Å². The summed E-state index contributed by atoms with van der Waals surface area (Å²) in [6.07, 6.45) is 9.79. The lowest BCUT2D eigenvalue weighted by molar-refractivity contribution is -0.670.